The molecule has 2 aliphatic rings. The van der Waals surface area contributed by atoms with Crippen LogP contribution in [-0.4, -0.2) is 22.0 Å². The minimum absolute atomic E-state index is 0.00477. The monoisotopic (exact) mass is 407 g/mol. The van der Waals surface area contributed by atoms with Crippen molar-refractivity contribution in [3.63, 3.8) is 0 Å². The van der Waals surface area contributed by atoms with Crippen molar-refractivity contribution < 1.29 is 4.79 Å². The second kappa shape index (κ2) is 7.41. The molecular formula is C23H25N3O2S. The van der Waals surface area contributed by atoms with Crippen molar-refractivity contribution in [1.29, 1.82) is 0 Å². The number of amides is 1. The first-order chi connectivity index (χ1) is 14.2. The molecule has 0 bridgehead atoms. The number of thiophene rings is 1. The molecule has 2 heterocycles. The molecule has 1 N–H and O–H groups in total. The standard InChI is InChI=1S/C23H25N3O2S/c27-19(24-14-23(11-12-23)16-6-2-1-3-7-16)10-13-26-15-25-21-20(22(26)28)17-8-4-5-9-18(17)29-21/h1-3,6-7,15H,4-5,8-14H2,(H,24,27). The summed E-state index contributed by atoms with van der Waals surface area (Å²) in [6.45, 7) is 1.04. The zero-order valence-corrected chi connectivity index (χ0v) is 17.3. The van der Waals surface area contributed by atoms with Crippen LogP contribution in [0.5, 0.6) is 0 Å². The molecule has 2 aromatic heterocycles. The maximum Gasteiger partial charge on any atom is 0.262 e. The average molecular weight is 408 g/mol. The minimum Gasteiger partial charge on any atom is -0.355 e. The van der Waals surface area contributed by atoms with Crippen LogP contribution in [0.15, 0.2) is 41.5 Å². The van der Waals surface area contributed by atoms with Gasteiger partial charge in [-0.1, -0.05) is 30.3 Å². The van der Waals surface area contributed by atoms with Crippen LogP contribution in [0.1, 0.15) is 48.1 Å². The maximum absolute atomic E-state index is 13.0. The first-order valence-electron chi connectivity index (χ1n) is 10.5. The molecule has 1 aromatic carbocycles. The number of carbonyl (C=O) groups excluding carboxylic acids is 1. The first kappa shape index (κ1) is 18.6. The summed E-state index contributed by atoms with van der Waals surface area (Å²) in [5.74, 6) is -0.00782. The maximum atomic E-state index is 13.0. The summed E-state index contributed by atoms with van der Waals surface area (Å²) in [5.41, 5.74) is 2.61. The van der Waals surface area contributed by atoms with E-state index in [9.17, 15) is 9.59 Å². The third-order valence-electron chi connectivity index (χ3n) is 6.39. The Labute approximate surface area is 173 Å². The summed E-state index contributed by atoms with van der Waals surface area (Å²) in [4.78, 5) is 32.1. The summed E-state index contributed by atoms with van der Waals surface area (Å²) >= 11 is 1.66. The van der Waals surface area contributed by atoms with E-state index in [1.165, 1.54) is 22.4 Å². The van der Waals surface area contributed by atoms with E-state index in [1.807, 2.05) is 6.07 Å². The number of carbonyl (C=O) groups is 1. The molecule has 0 aliphatic heterocycles. The highest BCUT2D eigenvalue weighted by Crippen LogP contribution is 2.47. The molecule has 6 heteroatoms. The van der Waals surface area contributed by atoms with Gasteiger partial charge in [-0.3, -0.25) is 14.2 Å². The van der Waals surface area contributed by atoms with Gasteiger partial charge in [0.1, 0.15) is 4.83 Å². The van der Waals surface area contributed by atoms with Crippen molar-refractivity contribution in [2.45, 2.75) is 56.9 Å². The van der Waals surface area contributed by atoms with Gasteiger partial charge < -0.3 is 5.32 Å². The lowest BCUT2D eigenvalue weighted by Crippen LogP contribution is -2.33. The number of fused-ring (bicyclic) bond motifs is 3. The Hall–Kier alpha value is -2.47. The highest BCUT2D eigenvalue weighted by atomic mass is 32.1. The Morgan fingerprint density at radius 3 is 2.76 bits per heavy atom. The van der Waals surface area contributed by atoms with Crippen LogP contribution in [0, 0.1) is 0 Å². The minimum atomic E-state index is -0.00782. The summed E-state index contributed by atoms with van der Waals surface area (Å²) in [6, 6.07) is 10.4. The smallest absolute Gasteiger partial charge is 0.262 e. The third kappa shape index (κ3) is 3.50. The van der Waals surface area contributed by atoms with Crippen molar-refractivity contribution in [3.8, 4) is 0 Å². The number of nitrogens with one attached hydrogen (secondary N) is 1. The number of aromatic nitrogens is 2. The van der Waals surface area contributed by atoms with E-state index in [0.29, 0.717) is 19.5 Å². The average Bonchev–Trinajstić information content (AvgIpc) is 3.45. The van der Waals surface area contributed by atoms with Gasteiger partial charge in [-0.15, -0.1) is 11.3 Å². The van der Waals surface area contributed by atoms with Crippen molar-refractivity contribution in [3.05, 3.63) is 63.0 Å². The zero-order valence-electron chi connectivity index (χ0n) is 16.4. The molecule has 0 spiro atoms. The fourth-order valence-corrected chi connectivity index (χ4v) is 5.65. The lowest BCUT2D eigenvalue weighted by atomic mass is 9.96. The number of aryl methyl sites for hydroxylation is 3. The highest BCUT2D eigenvalue weighted by Gasteiger charge is 2.44. The van der Waals surface area contributed by atoms with Gasteiger partial charge >= 0.3 is 0 Å². The van der Waals surface area contributed by atoms with Gasteiger partial charge in [0.2, 0.25) is 5.91 Å². The molecule has 1 fully saturated rings. The molecule has 5 rings (SSSR count). The topological polar surface area (TPSA) is 64.0 Å². The molecule has 0 unspecified atom stereocenters. The largest absolute Gasteiger partial charge is 0.355 e. The van der Waals surface area contributed by atoms with E-state index >= 15 is 0 Å². The number of rotatable bonds is 6. The Morgan fingerprint density at radius 2 is 1.97 bits per heavy atom. The van der Waals surface area contributed by atoms with Crippen molar-refractivity contribution >= 4 is 27.5 Å². The lowest BCUT2D eigenvalue weighted by molar-refractivity contribution is -0.121. The number of hydrogen-bond acceptors (Lipinski definition) is 4. The fraction of sp³-hybridized carbons (Fsp3) is 0.435. The van der Waals surface area contributed by atoms with Crippen LogP contribution >= 0.6 is 11.3 Å². The molecule has 1 saturated carbocycles. The molecule has 0 saturated heterocycles. The second-order valence-electron chi connectivity index (χ2n) is 8.31. The highest BCUT2D eigenvalue weighted by molar-refractivity contribution is 7.18. The predicted octanol–water partition coefficient (Wildman–Crippen LogP) is 3.57. The first-order valence-corrected chi connectivity index (χ1v) is 11.3. The molecule has 5 nitrogen and oxygen atoms in total. The van der Waals surface area contributed by atoms with Gasteiger partial charge in [0, 0.05) is 29.8 Å². The van der Waals surface area contributed by atoms with Crippen LogP contribution in [0.25, 0.3) is 10.2 Å². The van der Waals surface area contributed by atoms with E-state index < -0.39 is 0 Å². The van der Waals surface area contributed by atoms with E-state index in [2.05, 4.69) is 34.6 Å². The third-order valence-corrected chi connectivity index (χ3v) is 7.59. The molecule has 1 amide bonds. The Balaban J connectivity index is 1.24. The van der Waals surface area contributed by atoms with Gasteiger partial charge in [0.25, 0.3) is 5.56 Å². The van der Waals surface area contributed by atoms with Crippen LogP contribution in [0.4, 0.5) is 0 Å². The molecule has 150 valence electrons. The fourth-order valence-electron chi connectivity index (χ4n) is 4.43. The number of benzene rings is 1. The summed E-state index contributed by atoms with van der Waals surface area (Å²) in [7, 11) is 0. The van der Waals surface area contributed by atoms with Crippen LogP contribution in [-0.2, 0) is 29.6 Å². The SMILES string of the molecule is O=C(CCn1cnc2sc3c(c2c1=O)CCCC3)NCC1(c2ccccc2)CC1. The van der Waals surface area contributed by atoms with Crippen molar-refractivity contribution in [2.75, 3.05) is 6.54 Å². The number of nitrogens with zero attached hydrogens (tertiary/aromatic N) is 2. The quantitative estimate of drug-likeness (QED) is 0.679. The lowest BCUT2D eigenvalue weighted by Gasteiger charge is -2.16. The molecule has 29 heavy (non-hydrogen) atoms. The van der Waals surface area contributed by atoms with E-state index in [-0.39, 0.29) is 16.9 Å². The van der Waals surface area contributed by atoms with Gasteiger partial charge in [-0.05, 0) is 49.7 Å². The van der Waals surface area contributed by atoms with Gasteiger partial charge in [0.15, 0.2) is 0 Å². The van der Waals surface area contributed by atoms with Crippen molar-refractivity contribution in [1.82, 2.24) is 14.9 Å². The van der Waals surface area contributed by atoms with Gasteiger partial charge in [-0.2, -0.15) is 0 Å². The molecule has 3 aromatic rings. The summed E-state index contributed by atoms with van der Waals surface area (Å²) in [6.07, 6.45) is 8.48. The molecule has 0 atom stereocenters. The molecule has 0 radical (unpaired) electrons. The van der Waals surface area contributed by atoms with E-state index in [4.69, 9.17) is 0 Å². The predicted molar refractivity (Wildman–Crippen MR) is 116 cm³/mol. The Kier molecular flexibility index (Phi) is 4.74. The molecular weight excluding hydrogens is 382 g/mol. The van der Waals surface area contributed by atoms with E-state index in [1.54, 1.807) is 22.2 Å². The Morgan fingerprint density at radius 1 is 1.17 bits per heavy atom. The normalized spacial score (nSPS) is 17.1. The Bertz CT molecular complexity index is 1110. The van der Waals surface area contributed by atoms with Crippen LogP contribution in [0.2, 0.25) is 0 Å². The van der Waals surface area contributed by atoms with Gasteiger partial charge in [-0.25, -0.2) is 4.98 Å². The number of hydrogen-bond donors (Lipinski definition) is 1. The summed E-state index contributed by atoms with van der Waals surface area (Å²) in [5, 5.41) is 3.87. The zero-order chi connectivity index (χ0) is 19.8. The van der Waals surface area contributed by atoms with E-state index in [0.717, 1.165) is 42.3 Å². The van der Waals surface area contributed by atoms with Crippen LogP contribution < -0.4 is 10.9 Å². The summed E-state index contributed by atoms with van der Waals surface area (Å²) < 4.78 is 1.60. The van der Waals surface area contributed by atoms with Gasteiger partial charge in [0.05, 0.1) is 11.7 Å². The van der Waals surface area contributed by atoms with Crippen LogP contribution in [0.3, 0.4) is 0 Å². The molecule has 2 aliphatic carbocycles. The van der Waals surface area contributed by atoms with Crippen molar-refractivity contribution in [2.24, 2.45) is 0 Å². The second-order valence-corrected chi connectivity index (χ2v) is 9.39.